The molecule has 2 aliphatic rings. The van der Waals surface area contributed by atoms with Crippen molar-refractivity contribution >= 4 is 5.97 Å². The first-order chi connectivity index (χ1) is 8.65. The average molecular weight is 334 g/mol. The van der Waals surface area contributed by atoms with Crippen LogP contribution in [0.2, 0.25) is 0 Å². The highest BCUT2D eigenvalue weighted by Gasteiger charge is 2.45. The summed E-state index contributed by atoms with van der Waals surface area (Å²) in [4.78, 5) is 11.8. The van der Waals surface area contributed by atoms with Gasteiger partial charge in [0.15, 0.2) is 6.10 Å². The van der Waals surface area contributed by atoms with E-state index in [4.69, 9.17) is 4.74 Å². The number of hydrogen-bond donors (Lipinski definition) is 0. The standard InChI is InChI=1S/C15H28NO2.BrH/c1-3-4-10-15(17)18-14-9-7-12-16(2)11-6-5-8-13(14)16;/h13-14H,3-12H2,1-2H3;1H/q+1;/p-1. The number of quaternary nitrogens is 1. The molecule has 2 saturated heterocycles. The smallest absolute Gasteiger partial charge is 0.306 e. The maximum Gasteiger partial charge on any atom is 0.306 e. The van der Waals surface area contributed by atoms with Crippen molar-refractivity contribution < 1.29 is 31.0 Å². The van der Waals surface area contributed by atoms with Crippen LogP contribution in [0.3, 0.4) is 0 Å². The van der Waals surface area contributed by atoms with Crippen LogP contribution in [0.15, 0.2) is 0 Å². The van der Waals surface area contributed by atoms with Crippen LogP contribution in [0.4, 0.5) is 0 Å². The van der Waals surface area contributed by atoms with Gasteiger partial charge in [-0.05, 0) is 25.7 Å². The number of fused-ring (bicyclic) bond motifs is 1. The fraction of sp³-hybridized carbons (Fsp3) is 0.933. The lowest BCUT2D eigenvalue weighted by Crippen LogP contribution is -3.00. The second-order valence-electron chi connectivity index (χ2n) is 6.26. The number of esters is 1. The van der Waals surface area contributed by atoms with Gasteiger partial charge in [0.05, 0.1) is 20.1 Å². The summed E-state index contributed by atoms with van der Waals surface area (Å²) >= 11 is 0. The van der Waals surface area contributed by atoms with Crippen LogP contribution in [0, 0.1) is 0 Å². The van der Waals surface area contributed by atoms with E-state index in [0.717, 1.165) is 23.7 Å². The van der Waals surface area contributed by atoms with Crippen LogP contribution in [0.5, 0.6) is 0 Å². The van der Waals surface area contributed by atoms with Gasteiger partial charge in [-0.25, -0.2) is 0 Å². The van der Waals surface area contributed by atoms with Crippen molar-refractivity contribution in [1.29, 1.82) is 0 Å². The third kappa shape index (κ3) is 4.19. The average Bonchev–Trinajstić information content (AvgIpc) is 2.36. The number of nitrogens with zero attached hydrogens (tertiary/aromatic N) is 1. The van der Waals surface area contributed by atoms with Crippen LogP contribution in [-0.2, 0) is 9.53 Å². The molecule has 0 amide bonds. The fourth-order valence-corrected chi connectivity index (χ4v) is 3.70. The molecule has 19 heavy (non-hydrogen) atoms. The minimum atomic E-state index is 0. The van der Waals surface area contributed by atoms with Gasteiger partial charge in [-0.3, -0.25) is 4.79 Å². The Balaban J connectivity index is 0.00000180. The van der Waals surface area contributed by atoms with Gasteiger partial charge in [-0.1, -0.05) is 13.3 Å². The molecule has 3 unspecified atom stereocenters. The summed E-state index contributed by atoms with van der Waals surface area (Å²) < 4.78 is 6.92. The first-order valence-electron chi connectivity index (χ1n) is 7.69. The van der Waals surface area contributed by atoms with Gasteiger partial charge in [0.2, 0.25) is 0 Å². The molecule has 2 heterocycles. The molecule has 0 aromatic heterocycles. The summed E-state index contributed by atoms with van der Waals surface area (Å²) in [5, 5.41) is 0. The predicted octanol–water partition coefficient (Wildman–Crippen LogP) is -0.115. The monoisotopic (exact) mass is 333 g/mol. The van der Waals surface area contributed by atoms with E-state index < -0.39 is 0 Å². The second kappa shape index (κ2) is 7.63. The Bertz CT molecular complexity index is 294. The fourth-order valence-electron chi connectivity index (χ4n) is 3.70. The van der Waals surface area contributed by atoms with E-state index in [-0.39, 0.29) is 29.1 Å². The maximum atomic E-state index is 11.8. The van der Waals surface area contributed by atoms with Crippen LogP contribution in [0.25, 0.3) is 0 Å². The van der Waals surface area contributed by atoms with E-state index in [1.165, 1.54) is 38.8 Å². The van der Waals surface area contributed by atoms with E-state index in [2.05, 4.69) is 14.0 Å². The Hall–Kier alpha value is -0.0900. The molecule has 2 aliphatic heterocycles. The largest absolute Gasteiger partial charge is 1.00 e. The normalized spacial score (nSPS) is 34.0. The lowest BCUT2D eigenvalue weighted by atomic mass is 9.88. The summed E-state index contributed by atoms with van der Waals surface area (Å²) in [5.41, 5.74) is 0. The molecular formula is C15H28BrNO2. The molecule has 112 valence electrons. The number of piperidine rings is 2. The van der Waals surface area contributed by atoms with Crippen LogP contribution in [-0.4, -0.2) is 42.7 Å². The third-order valence-corrected chi connectivity index (χ3v) is 4.82. The molecule has 0 aromatic rings. The lowest BCUT2D eigenvalue weighted by Gasteiger charge is -2.50. The van der Waals surface area contributed by atoms with Crippen molar-refractivity contribution in [3.8, 4) is 0 Å². The third-order valence-electron chi connectivity index (χ3n) is 4.82. The first-order valence-corrected chi connectivity index (χ1v) is 7.69. The van der Waals surface area contributed by atoms with Crippen molar-refractivity contribution in [2.75, 3.05) is 20.1 Å². The number of carbonyl (C=O) groups is 1. The highest BCUT2D eigenvalue weighted by Crippen LogP contribution is 2.33. The van der Waals surface area contributed by atoms with Gasteiger partial charge in [0.1, 0.15) is 6.04 Å². The number of hydrogen-bond acceptors (Lipinski definition) is 2. The van der Waals surface area contributed by atoms with Crippen molar-refractivity contribution in [3.63, 3.8) is 0 Å². The Kier molecular flexibility index (Phi) is 6.81. The molecule has 3 atom stereocenters. The van der Waals surface area contributed by atoms with Gasteiger partial charge in [0, 0.05) is 19.3 Å². The zero-order chi connectivity index (χ0) is 13.0. The first kappa shape index (κ1) is 17.0. The van der Waals surface area contributed by atoms with E-state index in [0.29, 0.717) is 12.5 Å². The molecule has 0 spiro atoms. The summed E-state index contributed by atoms with van der Waals surface area (Å²) in [6.07, 6.45) is 8.99. The van der Waals surface area contributed by atoms with Gasteiger partial charge >= 0.3 is 5.97 Å². The molecule has 3 nitrogen and oxygen atoms in total. The van der Waals surface area contributed by atoms with Crippen LogP contribution < -0.4 is 17.0 Å². The number of rotatable bonds is 4. The minimum absolute atomic E-state index is 0. The lowest BCUT2D eigenvalue weighted by molar-refractivity contribution is -0.946. The minimum Gasteiger partial charge on any atom is -1.00 e. The number of unbranched alkanes of at least 4 members (excludes halogenated alkanes) is 1. The number of ether oxygens (including phenoxy) is 1. The Morgan fingerprint density at radius 3 is 2.68 bits per heavy atom. The Morgan fingerprint density at radius 1 is 1.21 bits per heavy atom. The summed E-state index contributed by atoms with van der Waals surface area (Å²) in [6, 6.07) is 0.568. The van der Waals surface area contributed by atoms with Crippen molar-refractivity contribution in [2.45, 2.75) is 70.4 Å². The van der Waals surface area contributed by atoms with Crippen LogP contribution >= 0.6 is 0 Å². The molecule has 0 aromatic carbocycles. The topological polar surface area (TPSA) is 26.3 Å². The SMILES string of the molecule is CCCCC(=O)OC1CCC[N+]2(C)CCCCC12.[Br-]. The van der Waals surface area contributed by atoms with Crippen molar-refractivity contribution in [3.05, 3.63) is 0 Å². The van der Waals surface area contributed by atoms with E-state index in [9.17, 15) is 4.79 Å². The second-order valence-corrected chi connectivity index (χ2v) is 6.26. The molecule has 4 heteroatoms. The zero-order valence-electron chi connectivity index (χ0n) is 12.4. The molecular weight excluding hydrogens is 306 g/mol. The Labute approximate surface area is 128 Å². The van der Waals surface area contributed by atoms with Crippen LogP contribution in [0.1, 0.15) is 58.3 Å². The van der Waals surface area contributed by atoms with Gasteiger partial charge < -0.3 is 26.2 Å². The van der Waals surface area contributed by atoms with Gasteiger partial charge in [0.25, 0.3) is 0 Å². The number of carbonyl (C=O) groups excluding carboxylic acids is 1. The summed E-state index contributed by atoms with van der Waals surface area (Å²) in [5.74, 6) is 0.0286. The molecule has 0 saturated carbocycles. The molecule has 0 N–H and O–H groups in total. The quantitative estimate of drug-likeness (QED) is 0.530. The molecule has 0 aliphatic carbocycles. The summed E-state index contributed by atoms with van der Waals surface area (Å²) in [7, 11) is 2.36. The van der Waals surface area contributed by atoms with E-state index >= 15 is 0 Å². The maximum absolute atomic E-state index is 11.8. The zero-order valence-corrected chi connectivity index (χ0v) is 14.0. The van der Waals surface area contributed by atoms with E-state index in [1.54, 1.807) is 0 Å². The van der Waals surface area contributed by atoms with Crippen molar-refractivity contribution in [1.82, 2.24) is 0 Å². The Morgan fingerprint density at radius 2 is 1.95 bits per heavy atom. The molecule has 2 rings (SSSR count). The predicted molar refractivity (Wildman–Crippen MR) is 72.2 cm³/mol. The summed E-state index contributed by atoms with van der Waals surface area (Å²) in [6.45, 7) is 4.66. The molecule has 0 bridgehead atoms. The number of likely N-dealkylation sites (N-methyl/N-ethyl adjacent to an activating group) is 1. The van der Waals surface area contributed by atoms with Gasteiger partial charge in [-0.2, -0.15) is 0 Å². The highest BCUT2D eigenvalue weighted by atomic mass is 79.9. The number of halogens is 1. The molecule has 0 radical (unpaired) electrons. The van der Waals surface area contributed by atoms with Gasteiger partial charge in [-0.15, -0.1) is 0 Å². The van der Waals surface area contributed by atoms with E-state index in [1.807, 2.05) is 0 Å². The van der Waals surface area contributed by atoms with Crippen molar-refractivity contribution in [2.24, 2.45) is 0 Å². The highest BCUT2D eigenvalue weighted by molar-refractivity contribution is 5.69. The molecule has 2 fully saturated rings.